The van der Waals surface area contributed by atoms with E-state index in [1.807, 2.05) is 0 Å². The highest BCUT2D eigenvalue weighted by Gasteiger charge is 2.24. The zero-order chi connectivity index (χ0) is 20.7. The summed E-state index contributed by atoms with van der Waals surface area (Å²) in [5, 5.41) is 5.46. The summed E-state index contributed by atoms with van der Waals surface area (Å²) in [5.41, 5.74) is 1.95. The van der Waals surface area contributed by atoms with Crippen molar-refractivity contribution >= 4 is 33.3 Å². The van der Waals surface area contributed by atoms with Gasteiger partial charge in [0, 0.05) is 11.4 Å². The Labute approximate surface area is 180 Å². The van der Waals surface area contributed by atoms with Gasteiger partial charge in [-0.3, -0.25) is 9.36 Å². The number of aryl methyl sites for hydroxylation is 1. The van der Waals surface area contributed by atoms with Crippen LogP contribution in [0.15, 0.2) is 50.1 Å². The van der Waals surface area contributed by atoms with E-state index >= 15 is 0 Å². The lowest BCUT2D eigenvalue weighted by Gasteiger charge is -2.17. The molecule has 0 radical (unpaired) electrons. The van der Waals surface area contributed by atoms with Gasteiger partial charge in [0.15, 0.2) is 11.0 Å². The third kappa shape index (κ3) is 3.41. The fourth-order valence-corrected chi connectivity index (χ4v) is 6.03. The number of fused-ring (bicyclic) bond motifs is 3. The van der Waals surface area contributed by atoms with Gasteiger partial charge in [0.05, 0.1) is 23.0 Å². The third-order valence-electron chi connectivity index (χ3n) is 5.26. The van der Waals surface area contributed by atoms with Crippen LogP contribution in [0.2, 0.25) is 0 Å². The molecule has 0 amide bonds. The summed E-state index contributed by atoms with van der Waals surface area (Å²) in [6, 6.07) is 1.76. The zero-order valence-electron chi connectivity index (χ0n) is 16.5. The first kappa shape index (κ1) is 19.3. The van der Waals surface area contributed by atoms with Crippen LogP contribution in [-0.2, 0) is 25.1 Å². The van der Waals surface area contributed by atoms with Crippen molar-refractivity contribution in [3.8, 4) is 11.5 Å². The van der Waals surface area contributed by atoms with Gasteiger partial charge in [-0.15, -0.1) is 17.9 Å². The molecule has 0 aliphatic heterocycles. The molecule has 7 nitrogen and oxygen atoms in total. The molecule has 4 aromatic heterocycles. The Morgan fingerprint density at radius 2 is 2.33 bits per heavy atom. The van der Waals surface area contributed by atoms with Gasteiger partial charge in [-0.2, -0.15) is 4.98 Å². The molecule has 30 heavy (non-hydrogen) atoms. The van der Waals surface area contributed by atoms with Gasteiger partial charge in [0.2, 0.25) is 0 Å². The van der Waals surface area contributed by atoms with E-state index in [-0.39, 0.29) is 5.56 Å². The summed E-state index contributed by atoms with van der Waals surface area (Å²) in [7, 11) is 0. The topological polar surface area (TPSA) is 86.9 Å². The SMILES string of the molecule is C=CCn1c(SCc2noc(-c3ccoc3)n2)nc2sc3c(c2c1=O)CCC(C)C3. The molecule has 1 aliphatic carbocycles. The third-order valence-corrected chi connectivity index (χ3v) is 7.38. The molecule has 0 aromatic carbocycles. The summed E-state index contributed by atoms with van der Waals surface area (Å²) in [5.74, 6) is 2.04. The molecular weight excluding hydrogens is 420 g/mol. The normalized spacial score (nSPS) is 16.1. The maximum atomic E-state index is 13.3. The minimum atomic E-state index is 0.0154. The van der Waals surface area contributed by atoms with Crippen LogP contribution in [0.1, 0.15) is 29.6 Å². The Bertz CT molecular complexity index is 1270. The molecular formula is C21H20N4O3S2. The van der Waals surface area contributed by atoms with Crippen molar-refractivity contribution < 1.29 is 8.94 Å². The highest BCUT2D eigenvalue weighted by Crippen LogP contribution is 2.36. The molecule has 5 rings (SSSR count). The standard InChI is InChI=1S/C21H20N4O3S2/c1-3-7-25-20(26)17-14-5-4-12(2)9-15(14)30-19(17)23-21(25)29-11-16-22-18(28-24-16)13-6-8-27-10-13/h3,6,8,10,12H,1,4-5,7,9,11H2,2H3. The fraction of sp³-hybridized carbons (Fsp3) is 0.333. The minimum Gasteiger partial charge on any atom is -0.472 e. The lowest BCUT2D eigenvalue weighted by Crippen LogP contribution is -2.23. The van der Waals surface area contributed by atoms with E-state index in [9.17, 15) is 4.79 Å². The summed E-state index contributed by atoms with van der Waals surface area (Å²) in [6.45, 7) is 6.49. The Kier molecular flexibility index (Phi) is 5.08. The number of nitrogens with zero attached hydrogens (tertiary/aromatic N) is 4. The summed E-state index contributed by atoms with van der Waals surface area (Å²) in [4.78, 5) is 24.7. The lowest BCUT2D eigenvalue weighted by molar-refractivity contribution is 0.424. The number of aromatic nitrogens is 4. The molecule has 0 spiro atoms. The van der Waals surface area contributed by atoms with Gasteiger partial charge in [-0.25, -0.2) is 4.98 Å². The smallest absolute Gasteiger partial charge is 0.263 e. The first-order valence-corrected chi connectivity index (χ1v) is 11.6. The molecule has 9 heteroatoms. The average Bonchev–Trinajstić information content (AvgIpc) is 3.47. The monoisotopic (exact) mass is 440 g/mol. The van der Waals surface area contributed by atoms with Gasteiger partial charge in [0.25, 0.3) is 11.4 Å². The Balaban J connectivity index is 1.48. The molecule has 4 aromatic rings. The van der Waals surface area contributed by atoms with E-state index in [1.165, 1.54) is 22.2 Å². The summed E-state index contributed by atoms with van der Waals surface area (Å²) < 4.78 is 12.0. The number of hydrogen-bond donors (Lipinski definition) is 0. The molecule has 0 N–H and O–H groups in total. The van der Waals surface area contributed by atoms with Crippen LogP contribution in [-0.4, -0.2) is 19.7 Å². The molecule has 0 saturated heterocycles. The molecule has 0 saturated carbocycles. The summed E-state index contributed by atoms with van der Waals surface area (Å²) >= 11 is 3.09. The van der Waals surface area contributed by atoms with Gasteiger partial charge < -0.3 is 8.94 Å². The molecule has 0 bridgehead atoms. The predicted molar refractivity (Wildman–Crippen MR) is 117 cm³/mol. The summed E-state index contributed by atoms with van der Waals surface area (Å²) in [6.07, 6.45) is 7.94. The maximum absolute atomic E-state index is 13.3. The Morgan fingerprint density at radius 1 is 1.43 bits per heavy atom. The minimum absolute atomic E-state index is 0.0154. The van der Waals surface area contributed by atoms with Crippen molar-refractivity contribution in [1.29, 1.82) is 0 Å². The van der Waals surface area contributed by atoms with Gasteiger partial charge in [-0.05, 0) is 36.8 Å². The van der Waals surface area contributed by atoms with Gasteiger partial charge >= 0.3 is 0 Å². The second-order valence-electron chi connectivity index (χ2n) is 7.45. The van der Waals surface area contributed by atoms with Crippen LogP contribution in [0.25, 0.3) is 21.7 Å². The number of hydrogen-bond acceptors (Lipinski definition) is 8. The number of furan rings is 1. The van der Waals surface area contributed by atoms with Crippen LogP contribution in [0.4, 0.5) is 0 Å². The van der Waals surface area contributed by atoms with Gasteiger partial charge in [-0.1, -0.05) is 29.9 Å². The molecule has 1 aliphatic rings. The molecule has 154 valence electrons. The van der Waals surface area contributed by atoms with Crippen molar-refractivity contribution in [3.05, 3.63) is 57.9 Å². The predicted octanol–water partition coefficient (Wildman–Crippen LogP) is 4.70. The van der Waals surface area contributed by atoms with Crippen molar-refractivity contribution in [2.24, 2.45) is 5.92 Å². The largest absolute Gasteiger partial charge is 0.472 e. The average molecular weight is 441 g/mol. The van der Waals surface area contributed by atoms with Crippen LogP contribution < -0.4 is 5.56 Å². The number of allylic oxidation sites excluding steroid dienone is 1. The van der Waals surface area contributed by atoms with E-state index in [1.54, 1.807) is 40.6 Å². The number of rotatable bonds is 6. The second kappa shape index (κ2) is 7.88. The van der Waals surface area contributed by atoms with E-state index in [4.69, 9.17) is 13.9 Å². The van der Waals surface area contributed by atoms with E-state index in [0.717, 1.165) is 35.0 Å². The second-order valence-corrected chi connectivity index (χ2v) is 9.47. The van der Waals surface area contributed by atoms with Crippen LogP contribution >= 0.6 is 23.1 Å². The first-order valence-electron chi connectivity index (χ1n) is 9.78. The molecule has 1 atom stereocenters. The molecule has 1 unspecified atom stereocenters. The highest BCUT2D eigenvalue weighted by atomic mass is 32.2. The van der Waals surface area contributed by atoms with Gasteiger partial charge in [0.1, 0.15) is 11.1 Å². The van der Waals surface area contributed by atoms with Crippen molar-refractivity contribution in [1.82, 2.24) is 19.7 Å². The number of thiophene rings is 1. The van der Waals surface area contributed by atoms with Crippen LogP contribution in [0.3, 0.4) is 0 Å². The maximum Gasteiger partial charge on any atom is 0.263 e. The molecule has 0 fully saturated rings. The van der Waals surface area contributed by atoms with Crippen LogP contribution in [0, 0.1) is 5.92 Å². The molecule has 4 heterocycles. The van der Waals surface area contributed by atoms with Crippen molar-refractivity contribution in [2.75, 3.05) is 0 Å². The van der Waals surface area contributed by atoms with Crippen molar-refractivity contribution in [2.45, 2.75) is 43.6 Å². The lowest BCUT2D eigenvalue weighted by atomic mass is 9.89. The zero-order valence-corrected chi connectivity index (χ0v) is 18.1. The Hall–Kier alpha value is -2.65. The van der Waals surface area contributed by atoms with Crippen molar-refractivity contribution in [3.63, 3.8) is 0 Å². The highest BCUT2D eigenvalue weighted by molar-refractivity contribution is 7.98. The number of thioether (sulfide) groups is 1. The van der Waals surface area contributed by atoms with Crippen LogP contribution in [0.5, 0.6) is 0 Å². The first-order chi connectivity index (χ1) is 14.6. The van der Waals surface area contributed by atoms with E-state index in [0.29, 0.717) is 35.1 Å². The Morgan fingerprint density at radius 3 is 3.13 bits per heavy atom. The van der Waals surface area contributed by atoms with E-state index in [2.05, 4.69) is 23.6 Å². The fourth-order valence-electron chi connectivity index (χ4n) is 3.75. The van der Waals surface area contributed by atoms with E-state index < -0.39 is 0 Å². The quantitative estimate of drug-likeness (QED) is 0.244.